The molecule has 1 fully saturated rings. The van der Waals surface area contributed by atoms with Gasteiger partial charge in [0.15, 0.2) is 0 Å². The molecule has 0 N–H and O–H groups in total. The van der Waals surface area contributed by atoms with Crippen LogP contribution in [0.15, 0.2) is 12.1 Å². The van der Waals surface area contributed by atoms with Gasteiger partial charge in [-0.1, -0.05) is 20.8 Å². The van der Waals surface area contributed by atoms with Gasteiger partial charge in [-0.2, -0.15) is 0 Å². The fourth-order valence-corrected chi connectivity index (χ4v) is 4.35. The van der Waals surface area contributed by atoms with Crippen molar-refractivity contribution in [2.75, 3.05) is 31.1 Å². The van der Waals surface area contributed by atoms with Crippen molar-refractivity contribution in [3.8, 4) is 0 Å². The van der Waals surface area contributed by atoms with Crippen LogP contribution in [0.3, 0.4) is 0 Å². The number of hydrogen-bond acceptors (Lipinski definition) is 5. The molecule has 0 atom stereocenters. The maximum absolute atomic E-state index is 12.8. The van der Waals surface area contributed by atoms with Crippen LogP contribution in [0.5, 0.6) is 0 Å². The van der Waals surface area contributed by atoms with Crippen molar-refractivity contribution in [2.24, 2.45) is 0 Å². The zero-order valence-corrected chi connectivity index (χ0v) is 17.2. The summed E-state index contributed by atoms with van der Waals surface area (Å²) in [5, 5.41) is 0. The van der Waals surface area contributed by atoms with Gasteiger partial charge in [-0.3, -0.25) is 4.79 Å². The van der Waals surface area contributed by atoms with Gasteiger partial charge in [0.25, 0.3) is 5.91 Å². The van der Waals surface area contributed by atoms with Gasteiger partial charge < -0.3 is 9.80 Å². The Morgan fingerprint density at radius 1 is 1.15 bits per heavy atom. The second kappa shape index (κ2) is 7.74. The first-order chi connectivity index (χ1) is 12.4. The molecule has 1 aliphatic heterocycles. The predicted molar refractivity (Wildman–Crippen MR) is 107 cm³/mol. The molecule has 0 saturated carbocycles. The first kappa shape index (κ1) is 18.8. The second-order valence-corrected chi connectivity index (χ2v) is 8.46. The quantitative estimate of drug-likeness (QED) is 0.819. The summed E-state index contributed by atoms with van der Waals surface area (Å²) in [7, 11) is 0. The summed E-state index contributed by atoms with van der Waals surface area (Å²) < 4.78 is 0. The van der Waals surface area contributed by atoms with Gasteiger partial charge in [-0.05, 0) is 31.9 Å². The Morgan fingerprint density at radius 2 is 1.85 bits per heavy atom. The molecule has 3 heterocycles. The third-order valence-electron chi connectivity index (χ3n) is 4.88. The van der Waals surface area contributed by atoms with E-state index >= 15 is 0 Å². The molecule has 26 heavy (non-hydrogen) atoms. The van der Waals surface area contributed by atoms with E-state index in [1.165, 1.54) is 10.4 Å². The highest BCUT2D eigenvalue weighted by Gasteiger charge is 2.25. The van der Waals surface area contributed by atoms with E-state index in [-0.39, 0.29) is 5.91 Å². The number of nitrogens with zero attached hydrogens (tertiary/aromatic N) is 4. The van der Waals surface area contributed by atoms with Gasteiger partial charge in [0.1, 0.15) is 11.6 Å². The summed E-state index contributed by atoms with van der Waals surface area (Å²) in [6.07, 6.45) is 0.981. The van der Waals surface area contributed by atoms with E-state index in [2.05, 4.69) is 43.6 Å². The molecule has 1 amide bonds. The molecule has 0 radical (unpaired) electrons. The van der Waals surface area contributed by atoms with Crippen LogP contribution in [-0.2, 0) is 6.42 Å². The maximum Gasteiger partial charge on any atom is 0.264 e. The highest BCUT2D eigenvalue weighted by atomic mass is 32.1. The number of amides is 1. The summed E-state index contributed by atoms with van der Waals surface area (Å²) in [6.45, 7) is 13.6. The molecule has 140 valence electrons. The van der Waals surface area contributed by atoms with Gasteiger partial charge in [0.05, 0.1) is 4.88 Å². The van der Waals surface area contributed by atoms with Crippen LogP contribution >= 0.6 is 11.3 Å². The predicted octanol–water partition coefficient (Wildman–Crippen LogP) is 3.80. The highest BCUT2D eigenvalue weighted by Crippen LogP contribution is 2.24. The summed E-state index contributed by atoms with van der Waals surface area (Å²) in [5.74, 6) is 2.35. The van der Waals surface area contributed by atoms with Crippen molar-refractivity contribution in [3.63, 3.8) is 0 Å². The molecule has 2 aromatic rings. The molecule has 0 aromatic carbocycles. The summed E-state index contributed by atoms with van der Waals surface area (Å²) in [5.41, 5.74) is 2.29. The van der Waals surface area contributed by atoms with Crippen LogP contribution in [0.2, 0.25) is 0 Å². The second-order valence-electron chi connectivity index (χ2n) is 7.21. The topological polar surface area (TPSA) is 49.3 Å². The Kier molecular flexibility index (Phi) is 5.61. The number of rotatable bonds is 4. The Morgan fingerprint density at radius 3 is 2.42 bits per heavy atom. The maximum atomic E-state index is 12.8. The number of carbonyl (C=O) groups excluding carboxylic acids is 1. The number of anilines is 1. The minimum absolute atomic E-state index is 0.166. The number of carbonyl (C=O) groups is 1. The molecule has 0 spiro atoms. The van der Waals surface area contributed by atoms with E-state index < -0.39 is 0 Å². The lowest BCUT2D eigenvalue weighted by molar-refractivity contribution is 0.0751. The van der Waals surface area contributed by atoms with Gasteiger partial charge in [-0.15, -0.1) is 11.3 Å². The van der Waals surface area contributed by atoms with E-state index in [4.69, 9.17) is 4.98 Å². The van der Waals surface area contributed by atoms with Crippen LogP contribution in [0.25, 0.3) is 0 Å². The molecule has 5 nitrogen and oxygen atoms in total. The van der Waals surface area contributed by atoms with Crippen molar-refractivity contribution in [1.82, 2.24) is 14.9 Å². The Labute approximate surface area is 160 Å². The zero-order valence-electron chi connectivity index (χ0n) is 16.4. The Balaban J connectivity index is 1.68. The van der Waals surface area contributed by atoms with Crippen LogP contribution in [0.1, 0.15) is 58.3 Å². The lowest BCUT2D eigenvalue weighted by atomic mass is 10.2. The number of piperazine rings is 1. The molecule has 2 aromatic heterocycles. The van der Waals surface area contributed by atoms with Crippen molar-refractivity contribution < 1.29 is 4.79 Å². The molecule has 0 aliphatic carbocycles. The fraction of sp³-hybridized carbons (Fsp3) is 0.550. The van der Waals surface area contributed by atoms with E-state index in [0.717, 1.165) is 54.8 Å². The standard InChI is InChI=1S/C20H28N4OS/c1-6-16-12-17(26-15(16)5)20(25)24-9-7-23(8-10-24)18-11-14(4)21-19(22-18)13(2)3/h11-13H,6-10H2,1-5H3. The van der Waals surface area contributed by atoms with Crippen molar-refractivity contribution in [3.05, 3.63) is 39.0 Å². The van der Waals surface area contributed by atoms with Crippen LogP contribution in [-0.4, -0.2) is 47.0 Å². The molecule has 0 bridgehead atoms. The smallest absolute Gasteiger partial charge is 0.264 e. The van der Waals surface area contributed by atoms with Crippen molar-refractivity contribution in [1.29, 1.82) is 0 Å². The third kappa shape index (κ3) is 3.90. The van der Waals surface area contributed by atoms with E-state index in [1.807, 2.05) is 17.9 Å². The molecule has 1 saturated heterocycles. The van der Waals surface area contributed by atoms with Crippen molar-refractivity contribution >= 4 is 23.1 Å². The van der Waals surface area contributed by atoms with Gasteiger partial charge in [0.2, 0.25) is 0 Å². The first-order valence-corrected chi connectivity index (χ1v) is 10.2. The minimum atomic E-state index is 0.166. The fourth-order valence-electron chi connectivity index (χ4n) is 3.27. The molecule has 6 heteroatoms. The lowest BCUT2D eigenvalue weighted by Crippen LogP contribution is -2.49. The van der Waals surface area contributed by atoms with Crippen LogP contribution < -0.4 is 4.90 Å². The molecular weight excluding hydrogens is 344 g/mol. The number of aromatic nitrogens is 2. The minimum Gasteiger partial charge on any atom is -0.353 e. The third-order valence-corrected chi connectivity index (χ3v) is 5.96. The average molecular weight is 373 g/mol. The van der Waals surface area contributed by atoms with Crippen molar-refractivity contribution in [2.45, 2.75) is 47.0 Å². The van der Waals surface area contributed by atoms with Gasteiger partial charge >= 0.3 is 0 Å². The van der Waals surface area contributed by atoms with Gasteiger partial charge in [0, 0.05) is 48.7 Å². The normalized spacial score (nSPS) is 15.0. The Bertz CT molecular complexity index is 791. The zero-order chi connectivity index (χ0) is 18.8. The highest BCUT2D eigenvalue weighted by molar-refractivity contribution is 7.14. The SMILES string of the molecule is CCc1cc(C(=O)N2CCN(c3cc(C)nc(C(C)C)n3)CC2)sc1C. The summed E-state index contributed by atoms with van der Waals surface area (Å²) in [6, 6.07) is 4.11. The van der Waals surface area contributed by atoms with Crippen LogP contribution in [0.4, 0.5) is 5.82 Å². The summed E-state index contributed by atoms with van der Waals surface area (Å²) in [4.78, 5) is 28.4. The molecular formula is C20H28N4OS. The van der Waals surface area contributed by atoms with Gasteiger partial charge in [-0.25, -0.2) is 9.97 Å². The van der Waals surface area contributed by atoms with E-state index in [1.54, 1.807) is 11.3 Å². The van der Waals surface area contributed by atoms with Crippen LogP contribution in [0, 0.1) is 13.8 Å². The number of hydrogen-bond donors (Lipinski definition) is 0. The lowest BCUT2D eigenvalue weighted by Gasteiger charge is -2.35. The number of thiophene rings is 1. The average Bonchev–Trinajstić information content (AvgIpc) is 3.01. The van der Waals surface area contributed by atoms with E-state index in [0.29, 0.717) is 5.92 Å². The first-order valence-electron chi connectivity index (χ1n) is 9.38. The van der Waals surface area contributed by atoms with E-state index in [9.17, 15) is 4.79 Å². The summed E-state index contributed by atoms with van der Waals surface area (Å²) >= 11 is 1.62. The largest absolute Gasteiger partial charge is 0.353 e. The monoisotopic (exact) mass is 372 g/mol. The number of aryl methyl sites for hydroxylation is 3. The molecule has 0 unspecified atom stereocenters. The Hall–Kier alpha value is -1.95. The molecule has 1 aliphatic rings. The molecule has 3 rings (SSSR count).